The van der Waals surface area contributed by atoms with Gasteiger partial charge >= 0.3 is 0 Å². The van der Waals surface area contributed by atoms with Crippen LogP contribution < -0.4 is 14.8 Å². The minimum absolute atomic E-state index is 0.0428. The first-order valence-electron chi connectivity index (χ1n) is 7.49. The molecule has 23 heavy (non-hydrogen) atoms. The number of nitrogens with one attached hydrogen (secondary N) is 1. The van der Waals surface area contributed by atoms with Crippen molar-refractivity contribution in [3.8, 4) is 11.5 Å². The zero-order valence-corrected chi connectivity index (χ0v) is 14.4. The Morgan fingerprint density at radius 2 is 2.09 bits per heavy atom. The number of benzene rings is 1. The molecule has 0 aliphatic carbocycles. The molecule has 1 N–H and O–H groups in total. The summed E-state index contributed by atoms with van der Waals surface area (Å²) in [5, 5.41) is 2.76. The molecule has 2 atom stereocenters. The van der Waals surface area contributed by atoms with Gasteiger partial charge in [-0.1, -0.05) is 6.07 Å². The highest BCUT2D eigenvalue weighted by Crippen LogP contribution is 2.52. The van der Waals surface area contributed by atoms with Crippen LogP contribution in [0.1, 0.15) is 35.1 Å². The van der Waals surface area contributed by atoms with Crippen molar-refractivity contribution in [1.82, 2.24) is 10.2 Å². The summed E-state index contributed by atoms with van der Waals surface area (Å²) in [5.74, 6) is 1.28. The average molecular weight is 336 g/mol. The minimum atomic E-state index is -0.456. The number of amides is 2. The molecule has 0 unspecified atom stereocenters. The summed E-state index contributed by atoms with van der Waals surface area (Å²) < 4.78 is 10.7. The Balaban J connectivity index is 1.98. The molecule has 2 aliphatic rings. The molecule has 1 aromatic carbocycles. The van der Waals surface area contributed by atoms with Gasteiger partial charge in [0.2, 0.25) is 5.91 Å². The molecule has 0 spiro atoms. The largest absolute Gasteiger partial charge is 0.493 e. The Morgan fingerprint density at radius 1 is 1.35 bits per heavy atom. The van der Waals surface area contributed by atoms with Crippen LogP contribution >= 0.6 is 11.8 Å². The number of nitrogens with zero attached hydrogens (tertiary/aromatic N) is 1. The maximum atomic E-state index is 12.9. The Morgan fingerprint density at radius 3 is 2.70 bits per heavy atom. The molecule has 2 heterocycles. The lowest BCUT2D eigenvalue weighted by atomic mass is 10.1. The predicted octanol–water partition coefficient (Wildman–Crippen LogP) is 1.80. The summed E-state index contributed by atoms with van der Waals surface area (Å²) >= 11 is 1.60. The van der Waals surface area contributed by atoms with Gasteiger partial charge in [0.05, 0.1) is 19.8 Å². The van der Waals surface area contributed by atoms with E-state index in [-0.39, 0.29) is 23.2 Å². The quantitative estimate of drug-likeness (QED) is 0.908. The molecule has 2 amide bonds. The zero-order valence-electron chi connectivity index (χ0n) is 13.6. The van der Waals surface area contributed by atoms with Gasteiger partial charge in [0, 0.05) is 17.4 Å². The Bertz CT molecular complexity index is 662. The fraction of sp³-hybridized carbons (Fsp3) is 0.500. The second-order valence-corrected chi connectivity index (χ2v) is 6.96. The number of ether oxygens (including phenoxy) is 2. The zero-order chi connectivity index (χ0) is 16.7. The van der Waals surface area contributed by atoms with E-state index in [2.05, 4.69) is 5.32 Å². The molecular formula is C16H20N2O4S. The van der Waals surface area contributed by atoms with Crippen LogP contribution in [0.2, 0.25) is 0 Å². The molecule has 0 aromatic heterocycles. The summed E-state index contributed by atoms with van der Waals surface area (Å²) in [4.78, 5) is 27.0. The number of rotatable bonds is 4. The molecule has 1 fully saturated rings. The van der Waals surface area contributed by atoms with Crippen molar-refractivity contribution in [2.24, 2.45) is 0 Å². The molecule has 3 rings (SSSR count). The van der Waals surface area contributed by atoms with Gasteiger partial charge in [-0.15, -0.1) is 11.8 Å². The first kappa shape index (κ1) is 16.0. The van der Waals surface area contributed by atoms with Crippen molar-refractivity contribution in [3.05, 3.63) is 23.3 Å². The third-order valence-electron chi connectivity index (χ3n) is 4.03. The standard InChI is InChI=1S/C16H20N2O4S/c1-8(2)17-14(19)10-7-23-16-9-5-6-11(21-3)13(22-4)12(9)15(20)18(10)16/h5-6,8,10,16H,7H2,1-4H3,(H,17,19)/t10-,16-/m1/s1. The van der Waals surface area contributed by atoms with Gasteiger partial charge in [-0.25, -0.2) is 0 Å². The first-order valence-corrected chi connectivity index (χ1v) is 8.54. The van der Waals surface area contributed by atoms with Gasteiger partial charge in [0.15, 0.2) is 11.5 Å². The molecule has 1 saturated heterocycles. The van der Waals surface area contributed by atoms with Crippen LogP contribution in [0.15, 0.2) is 12.1 Å². The van der Waals surface area contributed by atoms with Crippen LogP contribution in [0.3, 0.4) is 0 Å². The van der Waals surface area contributed by atoms with Crippen LogP contribution in [-0.4, -0.2) is 48.8 Å². The van der Waals surface area contributed by atoms with Gasteiger partial charge in [-0.05, 0) is 19.9 Å². The van der Waals surface area contributed by atoms with Crippen LogP contribution in [-0.2, 0) is 4.79 Å². The van der Waals surface area contributed by atoms with E-state index in [1.54, 1.807) is 29.8 Å². The summed E-state index contributed by atoms with van der Waals surface area (Å²) in [5.41, 5.74) is 1.39. The van der Waals surface area contributed by atoms with Crippen LogP contribution in [0.5, 0.6) is 11.5 Å². The van der Waals surface area contributed by atoms with E-state index in [1.165, 1.54) is 7.11 Å². The van der Waals surface area contributed by atoms with Crippen molar-refractivity contribution in [1.29, 1.82) is 0 Å². The topological polar surface area (TPSA) is 67.9 Å². The number of thioether (sulfide) groups is 1. The van der Waals surface area contributed by atoms with Crippen molar-refractivity contribution in [3.63, 3.8) is 0 Å². The minimum Gasteiger partial charge on any atom is -0.493 e. The number of carbonyl (C=O) groups excluding carboxylic acids is 2. The lowest BCUT2D eigenvalue weighted by Crippen LogP contribution is -2.47. The SMILES string of the molecule is COc1ccc2c(c1OC)C(=O)N1[C@@H](C(=O)NC(C)C)CS[C@H]21. The highest BCUT2D eigenvalue weighted by Gasteiger charge is 2.50. The number of hydrogen-bond acceptors (Lipinski definition) is 5. The smallest absolute Gasteiger partial charge is 0.260 e. The Kier molecular flexibility index (Phi) is 4.14. The number of fused-ring (bicyclic) bond motifs is 3. The number of methoxy groups -OCH3 is 2. The summed E-state index contributed by atoms with van der Waals surface area (Å²) in [6.07, 6.45) is 0. The van der Waals surface area contributed by atoms with E-state index >= 15 is 0 Å². The average Bonchev–Trinajstić information content (AvgIpc) is 3.06. The molecule has 0 saturated carbocycles. The summed E-state index contributed by atoms with van der Waals surface area (Å²) in [6.45, 7) is 3.82. The fourth-order valence-electron chi connectivity index (χ4n) is 3.07. The second-order valence-electron chi connectivity index (χ2n) is 5.84. The number of hydrogen-bond donors (Lipinski definition) is 1. The molecular weight excluding hydrogens is 316 g/mol. The fourth-order valence-corrected chi connectivity index (χ4v) is 4.53. The van der Waals surface area contributed by atoms with E-state index in [0.717, 1.165) is 5.56 Å². The number of carbonyl (C=O) groups is 2. The van der Waals surface area contributed by atoms with Gasteiger partial charge in [0.25, 0.3) is 5.91 Å². The highest BCUT2D eigenvalue weighted by molar-refractivity contribution is 7.99. The van der Waals surface area contributed by atoms with Gasteiger partial charge in [-0.3, -0.25) is 9.59 Å². The van der Waals surface area contributed by atoms with Crippen LogP contribution in [0, 0.1) is 0 Å². The normalized spacial score (nSPS) is 22.1. The Hall–Kier alpha value is -1.89. The lowest BCUT2D eigenvalue weighted by Gasteiger charge is -2.23. The van der Waals surface area contributed by atoms with Gasteiger partial charge in [0.1, 0.15) is 11.4 Å². The lowest BCUT2D eigenvalue weighted by molar-refractivity contribution is -0.125. The van der Waals surface area contributed by atoms with Crippen molar-refractivity contribution in [2.45, 2.75) is 31.3 Å². The van der Waals surface area contributed by atoms with E-state index in [1.807, 2.05) is 19.9 Å². The van der Waals surface area contributed by atoms with Crippen LogP contribution in [0.25, 0.3) is 0 Å². The van der Waals surface area contributed by atoms with Gasteiger partial charge in [-0.2, -0.15) is 0 Å². The molecule has 124 valence electrons. The van der Waals surface area contributed by atoms with E-state index in [9.17, 15) is 9.59 Å². The van der Waals surface area contributed by atoms with Crippen LogP contribution in [0.4, 0.5) is 0 Å². The van der Waals surface area contributed by atoms with E-state index in [4.69, 9.17) is 9.47 Å². The summed E-state index contributed by atoms with van der Waals surface area (Å²) in [7, 11) is 3.06. The maximum absolute atomic E-state index is 12.9. The Labute approximate surface area is 139 Å². The summed E-state index contributed by atoms with van der Waals surface area (Å²) in [6, 6.07) is 3.27. The predicted molar refractivity (Wildman–Crippen MR) is 88.0 cm³/mol. The highest BCUT2D eigenvalue weighted by atomic mass is 32.2. The molecule has 7 heteroatoms. The molecule has 0 bridgehead atoms. The van der Waals surface area contributed by atoms with Gasteiger partial charge < -0.3 is 19.7 Å². The molecule has 0 radical (unpaired) electrons. The maximum Gasteiger partial charge on any atom is 0.260 e. The van der Waals surface area contributed by atoms with E-state index < -0.39 is 6.04 Å². The van der Waals surface area contributed by atoms with Crippen molar-refractivity contribution < 1.29 is 19.1 Å². The molecule has 2 aliphatic heterocycles. The first-order chi connectivity index (χ1) is 11.0. The van der Waals surface area contributed by atoms with E-state index in [0.29, 0.717) is 22.8 Å². The monoisotopic (exact) mass is 336 g/mol. The molecule has 6 nitrogen and oxygen atoms in total. The van der Waals surface area contributed by atoms with Crippen molar-refractivity contribution >= 4 is 23.6 Å². The van der Waals surface area contributed by atoms with Crippen molar-refractivity contribution in [2.75, 3.05) is 20.0 Å². The second kappa shape index (κ2) is 5.96. The third kappa shape index (κ3) is 2.43. The third-order valence-corrected chi connectivity index (χ3v) is 5.33. The molecule has 1 aromatic rings.